The molecule has 6 heteroatoms. The summed E-state index contributed by atoms with van der Waals surface area (Å²) in [4.78, 5) is 16.0. The Kier molecular flexibility index (Phi) is 4.14. The number of carbonyl (C=O) groups is 1. The molecule has 1 heterocycles. The number of aromatic nitrogens is 1. The lowest BCUT2D eigenvalue weighted by Crippen LogP contribution is -2.12. The van der Waals surface area contributed by atoms with E-state index in [0.29, 0.717) is 17.1 Å². The zero-order valence-electron chi connectivity index (χ0n) is 11.1. The van der Waals surface area contributed by atoms with Crippen molar-refractivity contribution in [1.29, 1.82) is 0 Å². The second-order valence-corrected chi connectivity index (χ2v) is 3.99. The molecule has 0 fully saturated rings. The average Bonchev–Trinajstić information content (AvgIpc) is 2.49. The first-order chi connectivity index (χ1) is 9.63. The normalized spacial score (nSPS) is 9.95. The van der Waals surface area contributed by atoms with Crippen LogP contribution in [0.25, 0.3) is 0 Å². The van der Waals surface area contributed by atoms with Crippen LogP contribution >= 0.6 is 0 Å². The number of benzene rings is 1. The second-order valence-electron chi connectivity index (χ2n) is 3.99. The number of halogens is 1. The second kappa shape index (κ2) is 6.01. The van der Waals surface area contributed by atoms with Crippen LogP contribution < -0.4 is 15.4 Å². The maximum Gasteiger partial charge on any atom is 0.257 e. The van der Waals surface area contributed by atoms with Gasteiger partial charge in [-0.1, -0.05) is 0 Å². The highest BCUT2D eigenvalue weighted by Crippen LogP contribution is 2.21. The van der Waals surface area contributed by atoms with E-state index in [2.05, 4.69) is 15.6 Å². The summed E-state index contributed by atoms with van der Waals surface area (Å²) in [5.41, 5.74) is 0.859. The Morgan fingerprint density at radius 2 is 2.10 bits per heavy atom. The van der Waals surface area contributed by atoms with Crippen LogP contribution in [0.15, 0.2) is 36.5 Å². The summed E-state index contributed by atoms with van der Waals surface area (Å²) in [6, 6.07) is 7.46. The number of hydrogen-bond donors (Lipinski definition) is 2. The fourth-order valence-electron chi connectivity index (χ4n) is 1.62. The van der Waals surface area contributed by atoms with E-state index >= 15 is 0 Å². The molecule has 0 bridgehead atoms. The number of hydrogen-bond acceptors (Lipinski definition) is 4. The molecule has 1 aromatic heterocycles. The largest absolute Gasteiger partial charge is 0.494 e. The smallest absolute Gasteiger partial charge is 0.257 e. The maximum absolute atomic E-state index is 13.3. The van der Waals surface area contributed by atoms with Gasteiger partial charge in [0.25, 0.3) is 5.91 Å². The van der Waals surface area contributed by atoms with Crippen molar-refractivity contribution in [3.8, 4) is 5.75 Å². The van der Waals surface area contributed by atoms with Gasteiger partial charge in [0.05, 0.1) is 12.7 Å². The summed E-state index contributed by atoms with van der Waals surface area (Å²) in [7, 11) is 3.11. The summed E-state index contributed by atoms with van der Waals surface area (Å²) < 4.78 is 18.1. The quantitative estimate of drug-likeness (QED) is 0.900. The standard InChI is InChI=1S/C14H14FN3O2/c1-16-13-6-3-9(8-17-13)14(19)18-10-4-5-11(15)12(7-10)20-2/h3-8H,1-2H3,(H,16,17)(H,18,19). The van der Waals surface area contributed by atoms with E-state index in [1.165, 1.54) is 31.5 Å². The molecule has 1 aromatic carbocycles. The Labute approximate surface area is 115 Å². The molecule has 20 heavy (non-hydrogen) atoms. The highest BCUT2D eigenvalue weighted by molar-refractivity contribution is 6.04. The van der Waals surface area contributed by atoms with E-state index in [4.69, 9.17) is 4.74 Å². The van der Waals surface area contributed by atoms with Crippen molar-refractivity contribution in [2.24, 2.45) is 0 Å². The van der Waals surface area contributed by atoms with Crippen LogP contribution in [0.1, 0.15) is 10.4 Å². The predicted octanol–water partition coefficient (Wildman–Crippen LogP) is 2.52. The molecule has 1 amide bonds. The molecule has 2 rings (SSSR count). The van der Waals surface area contributed by atoms with Crippen LogP contribution in [0.3, 0.4) is 0 Å². The summed E-state index contributed by atoms with van der Waals surface area (Å²) in [5.74, 6) is -0.0594. The van der Waals surface area contributed by atoms with E-state index in [1.807, 2.05) is 0 Å². The molecule has 0 saturated heterocycles. The Hall–Kier alpha value is -2.63. The Balaban J connectivity index is 2.14. The van der Waals surface area contributed by atoms with Gasteiger partial charge in [0.15, 0.2) is 11.6 Å². The summed E-state index contributed by atoms with van der Waals surface area (Å²) in [5, 5.41) is 5.51. The van der Waals surface area contributed by atoms with E-state index in [9.17, 15) is 9.18 Å². The molecule has 0 aliphatic rings. The monoisotopic (exact) mass is 275 g/mol. The van der Waals surface area contributed by atoms with Crippen molar-refractivity contribution < 1.29 is 13.9 Å². The van der Waals surface area contributed by atoms with Gasteiger partial charge in [0.2, 0.25) is 0 Å². The van der Waals surface area contributed by atoms with Crippen LogP contribution in [0.2, 0.25) is 0 Å². The molecule has 0 aliphatic carbocycles. The molecule has 0 saturated carbocycles. The number of amides is 1. The number of methoxy groups -OCH3 is 1. The lowest BCUT2D eigenvalue weighted by Gasteiger charge is -2.08. The van der Waals surface area contributed by atoms with Gasteiger partial charge in [-0.15, -0.1) is 0 Å². The minimum Gasteiger partial charge on any atom is -0.494 e. The molecule has 0 spiro atoms. The van der Waals surface area contributed by atoms with Gasteiger partial charge in [-0.05, 0) is 24.3 Å². The fraction of sp³-hybridized carbons (Fsp3) is 0.143. The van der Waals surface area contributed by atoms with E-state index in [0.717, 1.165) is 0 Å². The highest BCUT2D eigenvalue weighted by Gasteiger charge is 2.09. The van der Waals surface area contributed by atoms with Crippen molar-refractivity contribution in [3.63, 3.8) is 0 Å². The molecule has 2 N–H and O–H groups in total. The highest BCUT2D eigenvalue weighted by atomic mass is 19.1. The first-order valence-corrected chi connectivity index (χ1v) is 5.92. The van der Waals surface area contributed by atoms with Gasteiger partial charge in [0, 0.05) is 25.0 Å². The minimum absolute atomic E-state index is 0.0754. The molecular weight excluding hydrogens is 261 g/mol. The molecule has 0 radical (unpaired) electrons. The van der Waals surface area contributed by atoms with E-state index < -0.39 is 5.82 Å². The summed E-state index contributed by atoms with van der Waals surface area (Å²) in [6.45, 7) is 0. The lowest BCUT2D eigenvalue weighted by atomic mass is 10.2. The number of nitrogens with one attached hydrogen (secondary N) is 2. The molecule has 0 aliphatic heterocycles. The van der Waals surface area contributed by atoms with Gasteiger partial charge < -0.3 is 15.4 Å². The Morgan fingerprint density at radius 1 is 1.30 bits per heavy atom. The number of nitrogens with zero attached hydrogens (tertiary/aromatic N) is 1. The number of carbonyl (C=O) groups excluding carboxylic acids is 1. The number of anilines is 2. The predicted molar refractivity (Wildman–Crippen MR) is 74.7 cm³/mol. The van der Waals surface area contributed by atoms with Gasteiger partial charge in [-0.25, -0.2) is 9.37 Å². The van der Waals surface area contributed by atoms with Crippen LogP contribution in [0.4, 0.5) is 15.9 Å². The van der Waals surface area contributed by atoms with Gasteiger partial charge >= 0.3 is 0 Å². The molecule has 0 atom stereocenters. The topological polar surface area (TPSA) is 63.2 Å². The van der Waals surface area contributed by atoms with Gasteiger partial charge in [-0.2, -0.15) is 0 Å². The number of pyridine rings is 1. The molecule has 104 valence electrons. The zero-order valence-corrected chi connectivity index (χ0v) is 11.1. The Morgan fingerprint density at radius 3 is 2.70 bits per heavy atom. The van der Waals surface area contributed by atoms with Crippen LogP contribution in [0.5, 0.6) is 5.75 Å². The average molecular weight is 275 g/mol. The summed E-state index contributed by atoms with van der Waals surface area (Å²) in [6.07, 6.45) is 1.46. The minimum atomic E-state index is -0.481. The lowest BCUT2D eigenvalue weighted by molar-refractivity contribution is 0.102. The van der Waals surface area contributed by atoms with E-state index in [-0.39, 0.29) is 11.7 Å². The molecule has 0 unspecified atom stereocenters. The third kappa shape index (κ3) is 3.03. The van der Waals surface area contributed by atoms with Crippen molar-refractivity contribution >= 4 is 17.4 Å². The zero-order chi connectivity index (χ0) is 14.5. The van der Waals surface area contributed by atoms with Crippen molar-refractivity contribution in [1.82, 2.24) is 4.98 Å². The third-order valence-corrected chi connectivity index (χ3v) is 2.69. The Bertz CT molecular complexity index is 614. The van der Waals surface area contributed by atoms with Gasteiger partial charge in [-0.3, -0.25) is 4.79 Å². The van der Waals surface area contributed by atoms with Crippen LogP contribution in [0, 0.1) is 5.82 Å². The fourth-order valence-corrected chi connectivity index (χ4v) is 1.62. The number of ether oxygens (including phenoxy) is 1. The molecular formula is C14H14FN3O2. The molecule has 2 aromatic rings. The maximum atomic E-state index is 13.3. The van der Waals surface area contributed by atoms with Crippen LogP contribution in [-0.2, 0) is 0 Å². The third-order valence-electron chi connectivity index (χ3n) is 2.69. The first-order valence-electron chi connectivity index (χ1n) is 5.92. The van der Waals surface area contributed by atoms with Gasteiger partial charge in [0.1, 0.15) is 5.82 Å². The molecule has 5 nitrogen and oxygen atoms in total. The SMILES string of the molecule is CNc1ccc(C(=O)Nc2ccc(F)c(OC)c2)cn1. The number of rotatable bonds is 4. The van der Waals surface area contributed by atoms with Crippen molar-refractivity contribution in [3.05, 3.63) is 47.9 Å². The van der Waals surface area contributed by atoms with Crippen molar-refractivity contribution in [2.75, 3.05) is 24.8 Å². The summed E-state index contributed by atoms with van der Waals surface area (Å²) >= 11 is 0. The van der Waals surface area contributed by atoms with E-state index in [1.54, 1.807) is 19.2 Å². The van der Waals surface area contributed by atoms with Crippen molar-refractivity contribution in [2.45, 2.75) is 0 Å². The first kappa shape index (κ1) is 13.8. The van der Waals surface area contributed by atoms with Crippen LogP contribution in [-0.4, -0.2) is 25.0 Å².